The van der Waals surface area contributed by atoms with Crippen LogP contribution >= 0.6 is 0 Å². The minimum absolute atomic E-state index is 0.511. The van der Waals surface area contributed by atoms with Crippen LogP contribution in [0.4, 0.5) is 5.95 Å². The SMILES string of the molecule is c1ccc2nc(NC3CCN4CCCCC34)ncc2c1. The number of hydrogen-bond donors (Lipinski definition) is 1. The highest BCUT2D eigenvalue weighted by molar-refractivity contribution is 5.78. The van der Waals surface area contributed by atoms with Gasteiger partial charge in [0.1, 0.15) is 0 Å². The standard InChI is InChI=1S/C16H20N4/c1-2-6-13-12(5-1)11-17-16(18-13)19-14-8-10-20-9-4-3-7-15(14)20/h1-2,5-6,11,14-15H,3-4,7-10H2,(H,17,18,19). The van der Waals surface area contributed by atoms with Crippen molar-refractivity contribution in [1.29, 1.82) is 0 Å². The topological polar surface area (TPSA) is 41.1 Å². The molecule has 2 atom stereocenters. The van der Waals surface area contributed by atoms with Crippen LogP contribution in [-0.2, 0) is 0 Å². The predicted molar refractivity (Wildman–Crippen MR) is 80.8 cm³/mol. The van der Waals surface area contributed by atoms with Gasteiger partial charge in [-0.15, -0.1) is 0 Å². The molecule has 2 fully saturated rings. The van der Waals surface area contributed by atoms with Crippen molar-refractivity contribution in [2.24, 2.45) is 0 Å². The molecule has 0 amide bonds. The van der Waals surface area contributed by atoms with Gasteiger partial charge in [-0.2, -0.15) is 0 Å². The number of benzene rings is 1. The summed E-state index contributed by atoms with van der Waals surface area (Å²) in [6.45, 7) is 2.48. The Morgan fingerprint density at radius 2 is 2.05 bits per heavy atom. The normalized spacial score (nSPS) is 26.6. The van der Waals surface area contributed by atoms with Crippen molar-refractivity contribution in [1.82, 2.24) is 14.9 Å². The lowest BCUT2D eigenvalue weighted by molar-refractivity contribution is 0.192. The molecular formula is C16H20N4. The van der Waals surface area contributed by atoms with Gasteiger partial charge in [-0.1, -0.05) is 24.6 Å². The van der Waals surface area contributed by atoms with Gasteiger partial charge in [0.25, 0.3) is 0 Å². The molecule has 0 bridgehead atoms. The fraction of sp³-hybridized carbons (Fsp3) is 0.500. The second-order valence-corrected chi connectivity index (χ2v) is 5.89. The maximum atomic E-state index is 4.64. The summed E-state index contributed by atoms with van der Waals surface area (Å²) in [6.07, 6.45) is 7.15. The molecule has 1 aromatic heterocycles. The van der Waals surface area contributed by atoms with Crippen molar-refractivity contribution in [3.63, 3.8) is 0 Å². The molecular weight excluding hydrogens is 248 g/mol. The van der Waals surface area contributed by atoms with Gasteiger partial charge >= 0.3 is 0 Å². The maximum Gasteiger partial charge on any atom is 0.223 e. The average molecular weight is 268 g/mol. The Labute approximate surface area is 119 Å². The molecule has 2 aromatic rings. The average Bonchev–Trinajstić information content (AvgIpc) is 2.91. The first-order valence-electron chi connectivity index (χ1n) is 7.62. The number of nitrogens with zero attached hydrogens (tertiary/aromatic N) is 3. The molecule has 2 unspecified atom stereocenters. The molecule has 2 aliphatic heterocycles. The smallest absolute Gasteiger partial charge is 0.223 e. The van der Waals surface area contributed by atoms with Crippen molar-refractivity contribution >= 4 is 16.9 Å². The molecule has 4 nitrogen and oxygen atoms in total. The molecule has 104 valence electrons. The van der Waals surface area contributed by atoms with Crippen molar-refractivity contribution in [2.75, 3.05) is 18.4 Å². The van der Waals surface area contributed by atoms with Crippen LogP contribution in [0.3, 0.4) is 0 Å². The van der Waals surface area contributed by atoms with Crippen LogP contribution < -0.4 is 5.32 Å². The van der Waals surface area contributed by atoms with Gasteiger partial charge in [0.15, 0.2) is 0 Å². The first-order valence-corrected chi connectivity index (χ1v) is 7.62. The predicted octanol–water partition coefficient (Wildman–Crippen LogP) is 2.67. The summed E-state index contributed by atoms with van der Waals surface area (Å²) in [5.74, 6) is 0.779. The molecule has 4 heteroatoms. The molecule has 0 spiro atoms. The van der Waals surface area contributed by atoms with Crippen LogP contribution in [0.25, 0.3) is 10.9 Å². The zero-order chi connectivity index (χ0) is 13.4. The summed E-state index contributed by atoms with van der Waals surface area (Å²) in [5.41, 5.74) is 1.02. The molecule has 3 heterocycles. The lowest BCUT2D eigenvalue weighted by Crippen LogP contribution is -2.41. The van der Waals surface area contributed by atoms with Crippen LogP contribution in [-0.4, -0.2) is 40.0 Å². The van der Waals surface area contributed by atoms with Crippen molar-refractivity contribution in [2.45, 2.75) is 37.8 Å². The highest BCUT2D eigenvalue weighted by Gasteiger charge is 2.35. The summed E-state index contributed by atoms with van der Waals surface area (Å²) in [6, 6.07) is 9.34. The summed E-state index contributed by atoms with van der Waals surface area (Å²) >= 11 is 0. The van der Waals surface area contributed by atoms with Crippen LogP contribution in [0.2, 0.25) is 0 Å². The third-order valence-corrected chi connectivity index (χ3v) is 4.66. The lowest BCUT2D eigenvalue weighted by Gasteiger charge is -2.32. The number of anilines is 1. The second-order valence-electron chi connectivity index (χ2n) is 5.89. The number of para-hydroxylation sites is 1. The maximum absolute atomic E-state index is 4.64. The summed E-state index contributed by atoms with van der Waals surface area (Å²) in [7, 11) is 0. The highest BCUT2D eigenvalue weighted by Crippen LogP contribution is 2.28. The zero-order valence-corrected chi connectivity index (χ0v) is 11.6. The molecule has 0 aliphatic carbocycles. The molecule has 4 rings (SSSR count). The third kappa shape index (κ3) is 2.14. The van der Waals surface area contributed by atoms with Gasteiger partial charge in [0.05, 0.1) is 5.52 Å². The van der Waals surface area contributed by atoms with E-state index in [0.29, 0.717) is 12.1 Å². The largest absolute Gasteiger partial charge is 0.350 e. The quantitative estimate of drug-likeness (QED) is 0.909. The number of fused-ring (bicyclic) bond motifs is 2. The minimum atomic E-state index is 0.511. The molecule has 0 saturated carbocycles. The fourth-order valence-electron chi connectivity index (χ4n) is 3.62. The third-order valence-electron chi connectivity index (χ3n) is 4.66. The Kier molecular flexibility index (Phi) is 3.03. The van der Waals surface area contributed by atoms with Crippen molar-refractivity contribution < 1.29 is 0 Å². The first kappa shape index (κ1) is 12.1. The number of nitrogens with one attached hydrogen (secondary N) is 1. The lowest BCUT2D eigenvalue weighted by atomic mass is 9.99. The van der Waals surface area contributed by atoms with Crippen LogP contribution in [0.1, 0.15) is 25.7 Å². The van der Waals surface area contributed by atoms with E-state index in [-0.39, 0.29) is 0 Å². The van der Waals surface area contributed by atoms with Crippen LogP contribution in [0, 0.1) is 0 Å². The zero-order valence-electron chi connectivity index (χ0n) is 11.6. The van der Waals surface area contributed by atoms with E-state index in [1.165, 1.54) is 38.8 Å². The van der Waals surface area contributed by atoms with E-state index in [1.807, 2.05) is 24.4 Å². The van der Waals surface area contributed by atoms with E-state index in [4.69, 9.17) is 0 Å². The number of aromatic nitrogens is 2. The molecule has 2 aliphatic rings. The number of piperidine rings is 1. The van der Waals surface area contributed by atoms with Crippen LogP contribution in [0.15, 0.2) is 30.5 Å². The summed E-state index contributed by atoms with van der Waals surface area (Å²) in [4.78, 5) is 11.7. The van der Waals surface area contributed by atoms with Crippen molar-refractivity contribution in [3.05, 3.63) is 30.5 Å². The Bertz CT molecular complexity index is 612. The highest BCUT2D eigenvalue weighted by atomic mass is 15.2. The first-order chi connectivity index (χ1) is 9.90. The summed E-state index contributed by atoms with van der Waals surface area (Å²) in [5, 5.41) is 4.67. The molecule has 0 radical (unpaired) electrons. The van der Waals surface area contributed by atoms with Crippen molar-refractivity contribution in [3.8, 4) is 0 Å². The van der Waals surface area contributed by atoms with E-state index in [2.05, 4.69) is 26.3 Å². The molecule has 1 N–H and O–H groups in total. The van der Waals surface area contributed by atoms with E-state index in [9.17, 15) is 0 Å². The number of hydrogen-bond acceptors (Lipinski definition) is 4. The fourth-order valence-corrected chi connectivity index (χ4v) is 3.62. The van der Waals surface area contributed by atoms with E-state index in [0.717, 1.165) is 16.9 Å². The van der Waals surface area contributed by atoms with E-state index >= 15 is 0 Å². The molecule has 20 heavy (non-hydrogen) atoms. The van der Waals surface area contributed by atoms with E-state index < -0.39 is 0 Å². The van der Waals surface area contributed by atoms with Crippen LogP contribution in [0.5, 0.6) is 0 Å². The Balaban J connectivity index is 1.55. The van der Waals surface area contributed by atoms with Gasteiger partial charge < -0.3 is 5.32 Å². The van der Waals surface area contributed by atoms with Gasteiger partial charge in [-0.25, -0.2) is 9.97 Å². The molecule has 2 saturated heterocycles. The van der Waals surface area contributed by atoms with Gasteiger partial charge in [0.2, 0.25) is 5.95 Å². The second kappa shape index (κ2) is 5.02. The van der Waals surface area contributed by atoms with Gasteiger partial charge in [-0.3, -0.25) is 4.90 Å². The Hall–Kier alpha value is -1.68. The molecule has 1 aromatic carbocycles. The summed E-state index contributed by atoms with van der Waals surface area (Å²) < 4.78 is 0. The number of rotatable bonds is 2. The minimum Gasteiger partial charge on any atom is -0.350 e. The Morgan fingerprint density at radius 1 is 1.10 bits per heavy atom. The monoisotopic (exact) mass is 268 g/mol. The van der Waals surface area contributed by atoms with Gasteiger partial charge in [0, 0.05) is 30.2 Å². The Morgan fingerprint density at radius 3 is 3.05 bits per heavy atom. The van der Waals surface area contributed by atoms with E-state index in [1.54, 1.807) is 0 Å². The van der Waals surface area contributed by atoms with Gasteiger partial charge in [-0.05, 0) is 31.9 Å².